The van der Waals surface area contributed by atoms with Gasteiger partial charge in [0.15, 0.2) is 5.96 Å². The van der Waals surface area contributed by atoms with E-state index in [4.69, 9.17) is 9.73 Å². The van der Waals surface area contributed by atoms with Gasteiger partial charge in [-0.2, -0.15) is 0 Å². The molecule has 31 heavy (non-hydrogen) atoms. The Morgan fingerprint density at radius 3 is 2.39 bits per heavy atom. The molecule has 0 saturated carbocycles. The normalized spacial score (nSPS) is 19.1. The van der Waals surface area contributed by atoms with Crippen molar-refractivity contribution in [3.63, 3.8) is 0 Å². The van der Waals surface area contributed by atoms with Crippen LogP contribution in [0.2, 0.25) is 0 Å². The highest BCUT2D eigenvalue weighted by Crippen LogP contribution is 2.14. The number of hydrogen-bond donors (Lipinski definition) is 3. The van der Waals surface area contributed by atoms with Gasteiger partial charge < -0.3 is 20.5 Å². The lowest BCUT2D eigenvalue weighted by Crippen LogP contribution is -2.40. The summed E-state index contributed by atoms with van der Waals surface area (Å²) in [5.74, 6) is 0.885. The maximum atomic E-state index is 9.64. The summed E-state index contributed by atoms with van der Waals surface area (Å²) in [6.07, 6.45) is 2.77. The average molecular weight is 546 g/mol. The Labute approximate surface area is 204 Å². The van der Waals surface area contributed by atoms with E-state index < -0.39 is 0 Å². The molecule has 0 spiro atoms. The lowest BCUT2D eigenvalue weighted by atomic mass is 10.1. The fourth-order valence-corrected chi connectivity index (χ4v) is 3.93. The molecule has 7 nitrogen and oxygen atoms in total. The van der Waals surface area contributed by atoms with Gasteiger partial charge in [0.2, 0.25) is 0 Å². The van der Waals surface area contributed by atoms with Crippen molar-refractivity contribution >= 4 is 29.9 Å². The molecule has 0 aliphatic carbocycles. The number of nitrogens with zero attached hydrogens (tertiary/aromatic N) is 3. The number of rotatable bonds is 9. The van der Waals surface area contributed by atoms with Crippen LogP contribution in [-0.4, -0.2) is 86.0 Å². The Hall–Kier alpha value is -0.940. The lowest BCUT2D eigenvalue weighted by molar-refractivity contribution is 0.0376. The standard InChI is InChI=1S/C23H39N5O2.HI/c1-2-24-23(25-10-3-11-27-14-16-30-17-15-27)26-18-20-4-6-21(7-5-20)19-28-12-8-22(29)9-13-28;/h4-7,22,29H,2-3,8-19H2,1H3,(H2,24,25,26);1H. The van der Waals surface area contributed by atoms with Crippen molar-refractivity contribution in [3.05, 3.63) is 35.4 Å². The summed E-state index contributed by atoms with van der Waals surface area (Å²) in [6.45, 7) is 12.4. The van der Waals surface area contributed by atoms with Crippen LogP contribution in [0.1, 0.15) is 37.3 Å². The zero-order chi connectivity index (χ0) is 21.0. The highest BCUT2D eigenvalue weighted by molar-refractivity contribution is 14.0. The first-order chi connectivity index (χ1) is 14.7. The van der Waals surface area contributed by atoms with Crippen LogP contribution in [0, 0.1) is 0 Å². The van der Waals surface area contributed by atoms with E-state index in [2.05, 4.69) is 51.6 Å². The SMILES string of the molecule is CCNC(=NCc1ccc(CN2CCC(O)CC2)cc1)NCCCN1CCOCC1.I. The molecule has 8 heteroatoms. The molecule has 0 radical (unpaired) electrons. The fraction of sp³-hybridized carbons (Fsp3) is 0.696. The first kappa shape index (κ1) is 26.3. The number of nitrogens with one attached hydrogen (secondary N) is 2. The maximum absolute atomic E-state index is 9.64. The maximum Gasteiger partial charge on any atom is 0.191 e. The summed E-state index contributed by atoms with van der Waals surface area (Å²) in [7, 11) is 0. The van der Waals surface area contributed by atoms with E-state index in [-0.39, 0.29) is 30.1 Å². The number of hydrogen-bond acceptors (Lipinski definition) is 5. The minimum atomic E-state index is -0.111. The van der Waals surface area contributed by atoms with Gasteiger partial charge in [0.25, 0.3) is 0 Å². The summed E-state index contributed by atoms with van der Waals surface area (Å²) >= 11 is 0. The van der Waals surface area contributed by atoms with Gasteiger partial charge in [-0.15, -0.1) is 24.0 Å². The van der Waals surface area contributed by atoms with Gasteiger partial charge in [-0.3, -0.25) is 9.80 Å². The van der Waals surface area contributed by atoms with Crippen LogP contribution in [0.4, 0.5) is 0 Å². The predicted octanol–water partition coefficient (Wildman–Crippen LogP) is 2.04. The molecular formula is C23H40IN5O2. The molecular weight excluding hydrogens is 505 g/mol. The Balaban J connectivity index is 0.00000341. The number of benzene rings is 1. The van der Waals surface area contributed by atoms with Crippen LogP contribution >= 0.6 is 24.0 Å². The van der Waals surface area contributed by atoms with E-state index in [1.807, 2.05) is 0 Å². The smallest absolute Gasteiger partial charge is 0.191 e. The van der Waals surface area contributed by atoms with E-state index in [0.717, 1.165) is 90.8 Å². The van der Waals surface area contributed by atoms with E-state index in [9.17, 15) is 5.11 Å². The number of morpholine rings is 1. The van der Waals surface area contributed by atoms with Crippen molar-refractivity contribution in [2.45, 2.75) is 45.4 Å². The molecule has 2 saturated heterocycles. The predicted molar refractivity (Wildman–Crippen MR) is 137 cm³/mol. The third-order valence-corrected chi connectivity index (χ3v) is 5.80. The summed E-state index contributed by atoms with van der Waals surface area (Å²) in [5.41, 5.74) is 2.55. The average Bonchev–Trinajstić information content (AvgIpc) is 2.78. The molecule has 0 atom stereocenters. The Kier molecular flexibility index (Phi) is 12.7. The number of aliphatic imine (C=N–C) groups is 1. The Morgan fingerprint density at radius 1 is 1.03 bits per heavy atom. The number of piperidine rings is 1. The van der Waals surface area contributed by atoms with Crippen molar-refractivity contribution in [1.29, 1.82) is 0 Å². The summed E-state index contributed by atoms with van der Waals surface area (Å²) in [5, 5.41) is 16.4. The summed E-state index contributed by atoms with van der Waals surface area (Å²) in [6, 6.07) is 8.77. The molecule has 1 aromatic carbocycles. The van der Waals surface area contributed by atoms with Crippen LogP contribution in [0.15, 0.2) is 29.3 Å². The Morgan fingerprint density at radius 2 is 1.71 bits per heavy atom. The first-order valence-corrected chi connectivity index (χ1v) is 11.5. The second kappa shape index (κ2) is 15.0. The second-order valence-corrected chi connectivity index (χ2v) is 8.25. The molecule has 0 unspecified atom stereocenters. The molecule has 2 fully saturated rings. The van der Waals surface area contributed by atoms with Crippen molar-refractivity contribution in [3.8, 4) is 0 Å². The van der Waals surface area contributed by atoms with Crippen LogP contribution in [0.25, 0.3) is 0 Å². The van der Waals surface area contributed by atoms with E-state index >= 15 is 0 Å². The van der Waals surface area contributed by atoms with Crippen LogP contribution in [-0.2, 0) is 17.8 Å². The van der Waals surface area contributed by atoms with E-state index in [0.29, 0.717) is 6.54 Å². The number of likely N-dealkylation sites (tertiary alicyclic amines) is 1. The van der Waals surface area contributed by atoms with Gasteiger partial charge in [0.1, 0.15) is 0 Å². The van der Waals surface area contributed by atoms with Gasteiger partial charge in [-0.25, -0.2) is 4.99 Å². The number of aliphatic hydroxyl groups is 1. The topological polar surface area (TPSA) is 72.4 Å². The third kappa shape index (κ3) is 10.0. The quantitative estimate of drug-likeness (QED) is 0.191. The van der Waals surface area contributed by atoms with Crippen LogP contribution in [0.3, 0.4) is 0 Å². The highest BCUT2D eigenvalue weighted by atomic mass is 127. The van der Waals surface area contributed by atoms with Crippen molar-refractivity contribution < 1.29 is 9.84 Å². The number of aliphatic hydroxyl groups excluding tert-OH is 1. The largest absolute Gasteiger partial charge is 0.393 e. The van der Waals surface area contributed by atoms with E-state index in [1.165, 1.54) is 11.1 Å². The van der Waals surface area contributed by atoms with Crippen molar-refractivity contribution in [2.75, 3.05) is 59.0 Å². The molecule has 1 aromatic rings. The van der Waals surface area contributed by atoms with Gasteiger partial charge >= 0.3 is 0 Å². The van der Waals surface area contributed by atoms with Gasteiger partial charge in [-0.1, -0.05) is 24.3 Å². The van der Waals surface area contributed by atoms with Crippen LogP contribution in [0.5, 0.6) is 0 Å². The molecule has 0 aromatic heterocycles. The molecule has 2 aliphatic rings. The minimum Gasteiger partial charge on any atom is -0.393 e. The van der Waals surface area contributed by atoms with Gasteiger partial charge in [-0.05, 0) is 43.9 Å². The van der Waals surface area contributed by atoms with Crippen LogP contribution < -0.4 is 10.6 Å². The highest BCUT2D eigenvalue weighted by Gasteiger charge is 2.16. The molecule has 0 amide bonds. The van der Waals surface area contributed by atoms with Gasteiger partial charge in [0.05, 0.1) is 25.9 Å². The zero-order valence-electron chi connectivity index (χ0n) is 18.9. The Bertz CT molecular complexity index is 629. The molecule has 0 bridgehead atoms. The number of halogens is 1. The molecule has 2 aliphatic heterocycles. The molecule has 176 valence electrons. The number of ether oxygens (including phenoxy) is 1. The summed E-state index contributed by atoms with van der Waals surface area (Å²) in [4.78, 5) is 9.63. The number of guanidine groups is 1. The fourth-order valence-electron chi connectivity index (χ4n) is 3.93. The van der Waals surface area contributed by atoms with Gasteiger partial charge in [0, 0.05) is 45.8 Å². The minimum absolute atomic E-state index is 0. The lowest BCUT2D eigenvalue weighted by Gasteiger charge is -2.29. The third-order valence-electron chi connectivity index (χ3n) is 5.80. The zero-order valence-corrected chi connectivity index (χ0v) is 21.2. The molecule has 2 heterocycles. The van der Waals surface area contributed by atoms with Crippen molar-refractivity contribution in [1.82, 2.24) is 20.4 Å². The molecule has 3 rings (SSSR count). The first-order valence-electron chi connectivity index (χ1n) is 11.5. The summed E-state index contributed by atoms with van der Waals surface area (Å²) < 4.78 is 5.40. The van der Waals surface area contributed by atoms with E-state index in [1.54, 1.807) is 0 Å². The molecule has 3 N–H and O–H groups in total. The monoisotopic (exact) mass is 545 g/mol. The van der Waals surface area contributed by atoms with Crippen molar-refractivity contribution in [2.24, 2.45) is 4.99 Å². The second-order valence-electron chi connectivity index (χ2n) is 8.25.